The molecule has 0 aliphatic carbocycles. The molecule has 0 amide bonds. The van der Waals surface area contributed by atoms with Crippen LogP contribution in [-0.2, 0) is 12.1 Å². The van der Waals surface area contributed by atoms with Gasteiger partial charge in [-0.2, -0.15) is 0 Å². The van der Waals surface area contributed by atoms with Crippen LogP contribution in [0.2, 0.25) is 0 Å². The molecule has 1 heterocycles. The van der Waals surface area contributed by atoms with Crippen LogP contribution in [0, 0.1) is 5.82 Å². The van der Waals surface area contributed by atoms with Crippen molar-refractivity contribution < 1.29 is 9.50 Å². The average Bonchev–Trinajstić information content (AvgIpc) is 2.70. The van der Waals surface area contributed by atoms with Crippen LogP contribution in [0.1, 0.15) is 25.1 Å². The van der Waals surface area contributed by atoms with Crippen molar-refractivity contribution in [1.82, 2.24) is 15.0 Å². The highest BCUT2D eigenvalue weighted by atomic mass is 79.9. The van der Waals surface area contributed by atoms with Crippen molar-refractivity contribution in [3.63, 3.8) is 0 Å². The van der Waals surface area contributed by atoms with Gasteiger partial charge in [0.2, 0.25) is 0 Å². The van der Waals surface area contributed by atoms with Gasteiger partial charge in [0.1, 0.15) is 17.1 Å². The van der Waals surface area contributed by atoms with E-state index in [1.165, 1.54) is 10.7 Å². The Hall–Kier alpha value is -1.27. The second-order valence-electron chi connectivity index (χ2n) is 4.60. The lowest BCUT2D eigenvalue weighted by Crippen LogP contribution is -2.15. The molecule has 0 saturated heterocycles. The largest absolute Gasteiger partial charge is 0.384 e. The van der Waals surface area contributed by atoms with Crippen molar-refractivity contribution in [3.05, 3.63) is 45.9 Å². The van der Waals surface area contributed by atoms with Gasteiger partial charge in [0, 0.05) is 10.0 Å². The third-order valence-corrected chi connectivity index (χ3v) is 3.01. The molecule has 0 unspecified atom stereocenters. The van der Waals surface area contributed by atoms with E-state index in [9.17, 15) is 9.50 Å². The van der Waals surface area contributed by atoms with Gasteiger partial charge in [-0.05, 0) is 26.0 Å². The van der Waals surface area contributed by atoms with Crippen molar-refractivity contribution in [2.45, 2.75) is 26.0 Å². The molecule has 1 N–H and O–H groups in total. The van der Waals surface area contributed by atoms with Gasteiger partial charge in [-0.15, -0.1) is 5.10 Å². The molecule has 4 nitrogen and oxygen atoms in total. The average molecular weight is 314 g/mol. The Morgan fingerprint density at radius 3 is 2.72 bits per heavy atom. The summed E-state index contributed by atoms with van der Waals surface area (Å²) < 4.78 is 15.8. The number of aromatic nitrogens is 3. The van der Waals surface area contributed by atoms with Crippen molar-refractivity contribution in [2.24, 2.45) is 0 Å². The molecule has 0 aliphatic rings. The summed E-state index contributed by atoms with van der Waals surface area (Å²) in [6, 6.07) is 4.86. The van der Waals surface area contributed by atoms with Gasteiger partial charge >= 0.3 is 0 Å². The van der Waals surface area contributed by atoms with Crippen molar-refractivity contribution in [2.75, 3.05) is 0 Å². The number of aliphatic hydroxyl groups is 1. The number of nitrogens with zero attached hydrogens (tertiary/aromatic N) is 3. The zero-order valence-corrected chi connectivity index (χ0v) is 11.6. The lowest BCUT2D eigenvalue weighted by atomic mass is 10.1. The first-order valence-electron chi connectivity index (χ1n) is 5.43. The minimum atomic E-state index is -1.05. The third-order valence-electron chi connectivity index (χ3n) is 2.51. The van der Waals surface area contributed by atoms with E-state index in [4.69, 9.17) is 0 Å². The molecule has 0 aliphatic heterocycles. The molecule has 6 heteroatoms. The molecule has 0 fully saturated rings. The van der Waals surface area contributed by atoms with Crippen LogP contribution >= 0.6 is 15.9 Å². The van der Waals surface area contributed by atoms with Gasteiger partial charge in [-0.3, -0.25) is 0 Å². The summed E-state index contributed by atoms with van der Waals surface area (Å²) in [5.74, 6) is -0.301. The Morgan fingerprint density at radius 1 is 1.44 bits per heavy atom. The predicted molar refractivity (Wildman–Crippen MR) is 68.5 cm³/mol. The summed E-state index contributed by atoms with van der Waals surface area (Å²) >= 11 is 3.20. The smallest absolute Gasteiger partial charge is 0.129 e. The first-order valence-corrected chi connectivity index (χ1v) is 6.22. The maximum absolute atomic E-state index is 13.6. The lowest BCUT2D eigenvalue weighted by molar-refractivity contribution is 0.0737. The maximum atomic E-state index is 13.6. The summed E-state index contributed by atoms with van der Waals surface area (Å²) in [5, 5.41) is 17.5. The standard InChI is InChI=1S/C12H13BrFN3O/c1-12(2,18)11-7-17(16-15-11)6-8-3-4-9(13)5-10(8)14/h3-5,7,18H,6H2,1-2H3. The lowest BCUT2D eigenvalue weighted by Gasteiger charge is -2.11. The maximum Gasteiger partial charge on any atom is 0.129 e. The summed E-state index contributed by atoms with van der Waals surface area (Å²) in [6.07, 6.45) is 1.61. The Morgan fingerprint density at radius 2 is 2.17 bits per heavy atom. The summed E-state index contributed by atoms with van der Waals surface area (Å²) in [5.41, 5.74) is -0.0679. The molecule has 96 valence electrons. The van der Waals surface area contributed by atoms with E-state index in [-0.39, 0.29) is 12.4 Å². The van der Waals surface area contributed by atoms with Gasteiger partial charge in [0.05, 0.1) is 12.7 Å². The van der Waals surface area contributed by atoms with Crippen LogP contribution < -0.4 is 0 Å². The number of hydrogen-bond donors (Lipinski definition) is 1. The number of rotatable bonds is 3. The van der Waals surface area contributed by atoms with E-state index < -0.39 is 5.60 Å². The first kappa shape index (κ1) is 13.2. The van der Waals surface area contributed by atoms with Crippen molar-refractivity contribution in [3.8, 4) is 0 Å². The SMILES string of the molecule is CC(C)(O)c1cn(Cc2ccc(Br)cc2F)nn1. The molecular weight excluding hydrogens is 301 g/mol. The van der Waals surface area contributed by atoms with Crippen LogP contribution in [0.4, 0.5) is 4.39 Å². The molecular formula is C12H13BrFN3O. The highest BCUT2D eigenvalue weighted by Gasteiger charge is 2.20. The van der Waals surface area contributed by atoms with Gasteiger partial charge in [0.25, 0.3) is 0 Å². The van der Waals surface area contributed by atoms with Gasteiger partial charge < -0.3 is 5.11 Å². The number of benzene rings is 1. The third kappa shape index (κ3) is 2.94. The molecule has 0 saturated carbocycles. The van der Waals surface area contributed by atoms with E-state index in [1.807, 2.05) is 0 Å². The Labute approximate surface area is 113 Å². The van der Waals surface area contributed by atoms with E-state index in [0.717, 1.165) is 0 Å². The molecule has 1 aromatic heterocycles. The highest BCUT2D eigenvalue weighted by molar-refractivity contribution is 9.10. The van der Waals surface area contributed by atoms with Crippen LogP contribution in [0.25, 0.3) is 0 Å². The fourth-order valence-corrected chi connectivity index (χ4v) is 1.81. The van der Waals surface area contributed by atoms with E-state index in [0.29, 0.717) is 15.7 Å². The summed E-state index contributed by atoms with van der Waals surface area (Å²) in [6.45, 7) is 3.53. The van der Waals surface area contributed by atoms with E-state index in [1.54, 1.807) is 32.2 Å². The van der Waals surface area contributed by atoms with E-state index >= 15 is 0 Å². The van der Waals surface area contributed by atoms with Crippen LogP contribution in [0.15, 0.2) is 28.9 Å². The van der Waals surface area contributed by atoms with Gasteiger partial charge in [-0.25, -0.2) is 9.07 Å². The zero-order chi connectivity index (χ0) is 13.3. The second-order valence-corrected chi connectivity index (χ2v) is 5.51. The Kier molecular flexibility index (Phi) is 3.49. The monoisotopic (exact) mass is 313 g/mol. The molecule has 2 rings (SSSR count). The van der Waals surface area contributed by atoms with Crippen molar-refractivity contribution >= 4 is 15.9 Å². The zero-order valence-electron chi connectivity index (χ0n) is 10.1. The normalized spacial score (nSPS) is 11.8. The Bertz CT molecular complexity index is 563. The first-order chi connectivity index (χ1) is 8.36. The summed E-state index contributed by atoms with van der Waals surface area (Å²) in [7, 11) is 0. The van der Waals surface area contributed by atoms with E-state index in [2.05, 4.69) is 26.2 Å². The van der Waals surface area contributed by atoms with Crippen molar-refractivity contribution in [1.29, 1.82) is 0 Å². The molecule has 18 heavy (non-hydrogen) atoms. The highest BCUT2D eigenvalue weighted by Crippen LogP contribution is 2.18. The molecule has 2 aromatic rings. The van der Waals surface area contributed by atoms with Crippen LogP contribution in [0.3, 0.4) is 0 Å². The number of hydrogen-bond acceptors (Lipinski definition) is 3. The molecule has 0 atom stereocenters. The molecule has 1 aromatic carbocycles. The summed E-state index contributed by atoms with van der Waals surface area (Å²) in [4.78, 5) is 0. The number of halogens is 2. The molecule has 0 bridgehead atoms. The minimum Gasteiger partial charge on any atom is -0.384 e. The van der Waals surface area contributed by atoms with Gasteiger partial charge in [0.15, 0.2) is 0 Å². The predicted octanol–water partition coefficient (Wildman–Crippen LogP) is 2.46. The fourth-order valence-electron chi connectivity index (χ4n) is 1.48. The minimum absolute atomic E-state index is 0.280. The Balaban J connectivity index is 2.21. The van der Waals surface area contributed by atoms with Crippen LogP contribution in [-0.4, -0.2) is 20.1 Å². The second kappa shape index (κ2) is 4.78. The fraction of sp³-hybridized carbons (Fsp3) is 0.333. The molecule has 0 spiro atoms. The molecule has 0 radical (unpaired) electrons. The topological polar surface area (TPSA) is 50.9 Å². The van der Waals surface area contributed by atoms with Gasteiger partial charge in [-0.1, -0.05) is 27.2 Å². The van der Waals surface area contributed by atoms with Crippen LogP contribution in [0.5, 0.6) is 0 Å². The quantitative estimate of drug-likeness (QED) is 0.947.